The van der Waals surface area contributed by atoms with Crippen LogP contribution in [0.4, 0.5) is 16.3 Å². The summed E-state index contributed by atoms with van der Waals surface area (Å²) in [6, 6.07) is 7.06. The van der Waals surface area contributed by atoms with Gasteiger partial charge in [-0.3, -0.25) is 0 Å². The highest BCUT2D eigenvalue weighted by molar-refractivity contribution is 6.33. The number of carbonyl (C=O) groups is 1. The monoisotopic (exact) mass is 375 g/mol. The zero-order valence-corrected chi connectivity index (χ0v) is 15.6. The van der Waals surface area contributed by atoms with Crippen molar-refractivity contribution < 1.29 is 9.53 Å². The Morgan fingerprint density at radius 1 is 1.23 bits per heavy atom. The molecule has 2 amide bonds. The van der Waals surface area contributed by atoms with Gasteiger partial charge in [0.2, 0.25) is 0 Å². The number of aryl methyl sites for hydroxylation is 2. The van der Waals surface area contributed by atoms with E-state index >= 15 is 0 Å². The van der Waals surface area contributed by atoms with E-state index in [9.17, 15) is 4.79 Å². The maximum atomic E-state index is 12.1. The molecule has 2 N–H and O–H groups in total. The molecule has 1 aliphatic rings. The maximum absolute atomic E-state index is 12.1. The molecule has 1 fully saturated rings. The van der Waals surface area contributed by atoms with E-state index in [0.717, 1.165) is 30.2 Å². The van der Waals surface area contributed by atoms with Crippen LogP contribution in [0.1, 0.15) is 17.1 Å². The summed E-state index contributed by atoms with van der Waals surface area (Å²) >= 11 is 6.14. The summed E-state index contributed by atoms with van der Waals surface area (Å²) in [7, 11) is 0. The molecule has 0 atom stereocenters. The number of ether oxygens (including phenoxy) is 1. The fourth-order valence-corrected chi connectivity index (χ4v) is 2.98. The molecule has 1 aliphatic heterocycles. The van der Waals surface area contributed by atoms with Crippen LogP contribution >= 0.6 is 11.6 Å². The van der Waals surface area contributed by atoms with Gasteiger partial charge in [0, 0.05) is 24.8 Å². The van der Waals surface area contributed by atoms with Crippen LogP contribution in [0.15, 0.2) is 24.3 Å². The van der Waals surface area contributed by atoms with Gasteiger partial charge in [0.25, 0.3) is 0 Å². The second-order valence-electron chi connectivity index (χ2n) is 6.17. The molecule has 7 nitrogen and oxygen atoms in total. The van der Waals surface area contributed by atoms with E-state index in [1.54, 1.807) is 12.1 Å². The predicted octanol–water partition coefficient (Wildman–Crippen LogP) is 2.91. The first-order valence-corrected chi connectivity index (χ1v) is 8.87. The van der Waals surface area contributed by atoms with Gasteiger partial charge in [0.15, 0.2) is 0 Å². The van der Waals surface area contributed by atoms with Gasteiger partial charge in [-0.1, -0.05) is 17.7 Å². The minimum atomic E-state index is -0.353. The molecule has 8 heteroatoms. The quantitative estimate of drug-likeness (QED) is 0.858. The number of anilines is 2. The third-order valence-corrected chi connectivity index (χ3v) is 4.31. The lowest BCUT2D eigenvalue weighted by Gasteiger charge is -2.28. The van der Waals surface area contributed by atoms with Crippen LogP contribution in [0.25, 0.3) is 0 Å². The first-order chi connectivity index (χ1) is 12.5. The van der Waals surface area contributed by atoms with E-state index in [4.69, 9.17) is 16.3 Å². The molecule has 1 saturated heterocycles. The van der Waals surface area contributed by atoms with Crippen molar-refractivity contribution in [2.24, 2.45) is 0 Å². The van der Waals surface area contributed by atoms with Gasteiger partial charge < -0.3 is 20.3 Å². The summed E-state index contributed by atoms with van der Waals surface area (Å²) in [6.45, 7) is 7.07. The molecule has 0 aliphatic carbocycles. The zero-order valence-electron chi connectivity index (χ0n) is 14.9. The van der Waals surface area contributed by atoms with Crippen molar-refractivity contribution in [3.05, 3.63) is 46.4 Å². The minimum absolute atomic E-state index is 0.230. The summed E-state index contributed by atoms with van der Waals surface area (Å²) < 4.78 is 5.37. The second kappa shape index (κ2) is 8.33. The average Bonchev–Trinajstić information content (AvgIpc) is 2.63. The number of carbonyl (C=O) groups excluding carboxylic acids is 1. The van der Waals surface area contributed by atoms with Gasteiger partial charge in [-0.2, -0.15) is 0 Å². The van der Waals surface area contributed by atoms with Crippen molar-refractivity contribution in [3.8, 4) is 0 Å². The second-order valence-corrected chi connectivity index (χ2v) is 6.58. The lowest BCUT2D eigenvalue weighted by Crippen LogP contribution is -2.37. The molecule has 0 saturated carbocycles. The van der Waals surface area contributed by atoms with Crippen LogP contribution in [0.3, 0.4) is 0 Å². The molecule has 1 aromatic heterocycles. The molecule has 2 aromatic rings. The predicted molar refractivity (Wildman–Crippen MR) is 102 cm³/mol. The van der Waals surface area contributed by atoms with Gasteiger partial charge in [0.05, 0.1) is 30.5 Å². The van der Waals surface area contributed by atoms with Crippen molar-refractivity contribution in [2.75, 3.05) is 36.5 Å². The molecule has 0 unspecified atom stereocenters. The highest BCUT2D eigenvalue weighted by Gasteiger charge is 2.14. The summed E-state index contributed by atoms with van der Waals surface area (Å²) in [5.41, 5.74) is 2.46. The van der Waals surface area contributed by atoms with E-state index in [2.05, 4.69) is 25.5 Å². The molecule has 138 valence electrons. The van der Waals surface area contributed by atoms with Crippen LogP contribution < -0.4 is 15.5 Å². The number of aromatic nitrogens is 2. The highest BCUT2D eigenvalue weighted by atomic mass is 35.5. The molecule has 0 bridgehead atoms. The van der Waals surface area contributed by atoms with Gasteiger partial charge in [0.1, 0.15) is 11.6 Å². The number of hydrogen-bond donors (Lipinski definition) is 2. The van der Waals surface area contributed by atoms with Crippen molar-refractivity contribution in [1.82, 2.24) is 15.3 Å². The minimum Gasteiger partial charge on any atom is -0.378 e. The Hall–Kier alpha value is -2.38. The number of hydrogen-bond acceptors (Lipinski definition) is 5. The molecule has 1 aromatic carbocycles. The van der Waals surface area contributed by atoms with Gasteiger partial charge in [-0.05, 0) is 31.5 Å². The van der Waals surface area contributed by atoms with Crippen molar-refractivity contribution >= 4 is 29.1 Å². The Balaban J connectivity index is 1.61. The summed E-state index contributed by atoms with van der Waals surface area (Å²) in [4.78, 5) is 23.2. The van der Waals surface area contributed by atoms with Gasteiger partial charge >= 0.3 is 6.03 Å². The number of nitrogens with one attached hydrogen (secondary N) is 2. The van der Waals surface area contributed by atoms with Crippen LogP contribution in [0.5, 0.6) is 0 Å². The normalized spacial score (nSPS) is 14.2. The highest BCUT2D eigenvalue weighted by Crippen LogP contribution is 2.22. The summed E-state index contributed by atoms with van der Waals surface area (Å²) in [6.07, 6.45) is 0. The summed E-state index contributed by atoms with van der Waals surface area (Å²) in [5.74, 6) is 1.43. The van der Waals surface area contributed by atoms with E-state index in [0.29, 0.717) is 29.7 Å². The molecule has 0 radical (unpaired) electrons. The fraction of sp³-hybridized carbons (Fsp3) is 0.389. The number of amides is 2. The largest absolute Gasteiger partial charge is 0.378 e. The first kappa shape index (κ1) is 18.4. The number of benzene rings is 1. The number of morpholine rings is 1. The molecule has 2 heterocycles. The Bertz CT molecular complexity index is 793. The average molecular weight is 376 g/mol. The lowest BCUT2D eigenvalue weighted by atomic mass is 10.2. The molecule has 3 rings (SSSR count). The molecular formula is C18H22ClN5O2. The van der Waals surface area contributed by atoms with Crippen molar-refractivity contribution in [1.29, 1.82) is 0 Å². The topological polar surface area (TPSA) is 79.4 Å². The smallest absolute Gasteiger partial charge is 0.319 e. The van der Waals surface area contributed by atoms with Crippen LogP contribution in [-0.4, -0.2) is 42.3 Å². The zero-order chi connectivity index (χ0) is 18.5. The molecule has 26 heavy (non-hydrogen) atoms. The molecular weight excluding hydrogens is 354 g/mol. The third kappa shape index (κ3) is 4.83. The first-order valence-electron chi connectivity index (χ1n) is 8.49. The Morgan fingerprint density at radius 2 is 2.00 bits per heavy atom. The Morgan fingerprint density at radius 3 is 2.73 bits per heavy atom. The number of rotatable bonds is 4. The molecule has 0 spiro atoms. The van der Waals surface area contributed by atoms with Crippen molar-refractivity contribution in [2.45, 2.75) is 20.4 Å². The number of urea groups is 1. The third-order valence-electron chi connectivity index (χ3n) is 4.00. The van der Waals surface area contributed by atoms with E-state index < -0.39 is 0 Å². The van der Waals surface area contributed by atoms with E-state index in [1.807, 2.05) is 26.0 Å². The Kier molecular flexibility index (Phi) is 5.90. The standard InChI is InChI=1S/C18H22ClN5O2/c1-12-3-4-15(14(19)9-12)22-18(25)20-11-16-21-13(2)10-17(23-16)24-5-7-26-8-6-24/h3-4,9-10H,5-8,11H2,1-2H3,(H2,20,22,25). The van der Waals surface area contributed by atoms with Gasteiger partial charge in [-0.25, -0.2) is 14.8 Å². The van der Waals surface area contributed by atoms with Crippen LogP contribution in [-0.2, 0) is 11.3 Å². The van der Waals surface area contributed by atoms with Crippen LogP contribution in [0, 0.1) is 13.8 Å². The van der Waals surface area contributed by atoms with Crippen molar-refractivity contribution in [3.63, 3.8) is 0 Å². The lowest BCUT2D eigenvalue weighted by molar-refractivity contribution is 0.122. The maximum Gasteiger partial charge on any atom is 0.319 e. The van der Waals surface area contributed by atoms with Gasteiger partial charge in [-0.15, -0.1) is 0 Å². The fourth-order valence-electron chi connectivity index (χ4n) is 2.69. The Labute approximate surface area is 157 Å². The summed E-state index contributed by atoms with van der Waals surface area (Å²) in [5, 5.41) is 6.01. The van der Waals surface area contributed by atoms with Crippen LogP contribution in [0.2, 0.25) is 5.02 Å². The SMILES string of the molecule is Cc1ccc(NC(=O)NCc2nc(C)cc(N3CCOCC3)n2)c(Cl)c1. The number of halogens is 1. The van der Waals surface area contributed by atoms with E-state index in [1.165, 1.54) is 0 Å². The number of nitrogens with zero attached hydrogens (tertiary/aromatic N) is 3. The van der Waals surface area contributed by atoms with E-state index in [-0.39, 0.29) is 12.6 Å².